The second-order valence-corrected chi connectivity index (χ2v) is 47.5. The minimum absolute atomic E-state index is 0. The summed E-state index contributed by atoms with van der Waals surface area (Å²) in [6.07, 6.45) is 76.0. The van der Waals surface area contributed by atoms with Crippen molar-refractivity contribution in [1.29, 1.82) is 0 Å². The average Bonchev–Trinajstić information content (AvgIpc) is 0.855. The third-order valence-corrected chi connectivity index (χ3v) is 32.6. The van der Waals surface area contributed by atoms with Crippen LogP contribution in [0, 0.1) is 96.8 Å². The Balaban J connectivity index is -0.000000316. The van der Waals surface area contributed by atoms with Crippen LogP contribution >= 0.6 is 0 Å². The van der Waals surface area contributed by atoms with Gasteiger partial charge < -0.3 is 5.11 Å². The third-order valence-electron chi connectivity index (χ3n) is 32.6. The lowest BCUT2D eigenvalue weighted by atomic mass is 9.85. The van der Waals surface area contributed by atoms with Gasteiger partial charge in [0.05, 0.1) is 6.10 Å². The SMILES string of the molecule is C.C.C.C.C.C.C.CCC(C)CCCCCCCC(CC)c1ccc(C)c(C)c1.CCCCCC(C)CC(C)CCC(C)c1ccc(C)cc1.CCCCCCC(O)CCCC(C)c1ccc(C)cc1.CCCCCCCC(C)CC(CC)c1ccc(C)cc1.CCCCCCCC(C)CCC(C)c1ccc(C)cc1.CCCCC[C@@H](C)CCCCC(C)c1ccc(C)cc1.CCCCC[C@H](C)CCCCC(C)c1ccc(C)cc1. The topological polar surface area (TPSA) is 20.2 Å². The highest BCUT2D eigenvalue weighted by Crippen LogP contribution is 2.35. The molecule has 7 rings (SSSR count). The number of aryl methyl sites for hydroxylation is 8. The molecule has 0 saturated carbocycles. The quantitative estimate of drug-likeness (QED) is 0.0377. The molecule has 1 N–H and O–H groups in total. The Labute approximate surface area is 947 Å². The van der Waals surface area contributed by atoms with E-state index in [1.165, 1.54) is 418 Å². The molecule has 1 nitrogen and oxygen atoms in total. The van der Waals surface area contributed by atoms with Crippen molar-refractivity contribution in [2.45, 2.75) is 660 Å². The molecule has 0 aliphatic rings. The minimum atomic E-state index is -0.0860. The molecule has 0 bridgehead atoms. The summed E-state index contributed by atoms with van der Waals surface area (Å²) in [5.74, 6) is 11.3. The van der Waals surface area contributed by atoms with E-state index in [1.54, 1.807) is 5.56 Å². The molecule has 15 atom stereocenters. The molecule has 0 radical (unpaired) electrons. The van der Waals surface area contributed by atoms with Crippen molar-refractivity contribution in [2.24, 2.45) is 41.4 Å². The minimum Gasteiger partial charge on any atom is -0.393 e. The van der Waals surface area contributed by atoms with Gasteiger partial charge in [-0.05, 0) is 265 Å². The van der Waals surface area contributed by atoms with E-state index in [0.717, 1.165) is 72.5 Å². The highest BCUT2D eigenvalue weighted by Gasteiger charge is 2.19. The summed E-state index contributed by atoms with van der Waals surface area (Å²) in [6.45, 7) is 66.8. The van der Waals surface area contributed by atoms with Crippen LogP contribution in [0.25, 0.3) is 0 Å². The molecule has 872 valence electrons. The molecule has 0 spiro atoms. The Morgan fingerprint density at radius 2 is 0.380 bits per heavy atom. The van der Waals surface area contributed by atoms with Gasteiger partial charge in [0.25, 0.3) is 0 Å². The van der Waals surface area contributed by atoms with Crippen molar-refractivity contribution in [3.05, 3.63) is 247 Å². The van der Waals surface area contributed by atoms with Crippen LogP contribution in [0.1, 0.15) is 682 Å². The Kier molecular flexibility index (Phi) is 109. The van der Waals surface area contributed by atoms with Gasteiger partial charge in [0.2, 0.25) is 0 Å². The van der Waals surface area contributed by atoms with E-state index in [1.807, 2.05) is 0 Å². The number of rotatable bonds is 71. The van der Waals surface area contributed by atoms with Crippen LogP contribution in [-0.4, -0.2) is 11.2 Å². The molecule has 0 aromatic heterocycles. The molecular weight excluding hydrogens is 1810 g/mol. The maximum Gasteiger partial charge on any atom is 0.0540 e. The highest BCUT2D eigenvalue weighted by atomic mass is 16.3. The molecule has 13 unspecified atom stereocenters. The monoisotopic (exact) mass is 2080 g/mol. The van der Waals surface area contributed by atoms with Gasteiger partial charge >= 0.3 is 0 Å². The zero-order valence-electron chi connectivity index (χ0n) is 101. The lowest BCUT2D eigenvalue weighted by Crippen LogP contribution is -2.07. The first-order valence-corrected chi connectivity index (χ1v) is 61.9. The van der Waals surface area contributed by atoms with Gasteiger partial charge in [0.1, 0.15) is 0 Å². The standard InChI is InChI=1S/C22H38.C21H36.4C20H34.C19H32O.7CH4/c1-6-18(3)13-11-9-8-10-12-14-21(7-2)22-16-15-19(4)20(5)17-22;1-6-7-8-9-18(3)16-19(4)10-13-20(5)21-14-11-17(2)12-15-21;2*1-5-6-7-10-17(2)11-8-9-12-19(4)20-15-13-18(3)14-16-20;1-5-6-7-8-9-10-17(2)11-14-19(4)20-15-12-18(3)13-16-20;1-5-7-8-9-10-11-18(4)16-19(6-2)20-14-12-17(3)13-15-20;1-4-5-6-7-10-19(20)11-8-9-17(3)18-14-12-16(2)13-15-18;;;;;;;/h15-18,21H,6-14H2,1-5H3;11-12,14-15,18-20H,6-10,13,16H2,1-5H3;2*13-17,19H,5-12H2,1-4H3;12-13,15-17,19H,5-11,14H2,1-4H3;12-15,18-19H,5-11,16H2,1-4H3;12-15,17,19-20H,4-11H2,1-3H3;7*1H4/t;;2*17-,19?;;;;;;;;;;/m..10........../s1. The van der Waals surface area contributed by atoms with Crippen LogP contribution in [0.5, 0.6) is 0 Å². The zero-order chi connectivity index (χ0) is 106. The normalized spacial score (nSPS) is 13.7. The molecule has 0 aliphatic heterocycles. The molecule has 7 aromatic carbocycles. The molecule has 0 fully saturated rings. The summed E-state index contributed by atoms with van der Waals surface area (Å²) < 4.78 is 0. The predicted octanol–water partition coefficient (Wildman–Crippen LogP) is 52.2. The lowest BCUT2D eigenvalue weighted by Gasteiger charge is -2.20. The first-order chi connectivity index (χ1) is 68.8. The van der Waals surface area contributed by atoms with Gasteiger partial charge in [-0.25, -0.2) is 0 Å². The second-order valence-electron chi connectivity index (χ2n) is 47.5. The number of aliphatic hydroxyl groups excluding tert-OH is 1. The Bertz CT molecular complexity index is 3820. The van der Waals surface area contributed by atoms with Crippen LogP contribution in [-0.2, 0) is 0 Å². The number of hydrogen-bond donors (Lipinski definition) is 1. The fraction of sp³-hybridized carbons (Fsp3) is 0.718. The van der Waals surface area contributed by atoms with Crippen molar-refractivity contribution in [3.63, 3.8) is 0 Å². The maximum absolute atomic E-state index is 9.97. The van der Waals surface area contributed by atoms with Crippen LogP contribution in [0.3, 0.4) is 0 Å². The van der Waals surface area contributed by atoms with E-state index >= 15 is 0 Å². The van der Waals surface area contributed by atoms with E-state index in [-0.39, 0.29) is 58.1 Å². The maximum atomic E-state index is 9.97. The third kappa shape index (κ3) is 83.8. The summed E-state index contributed by atoms with van der Waals surface area (Å²) in [6, 6.07) is 61.4. The number of aliphatic hydroxyl groups is 1. The first kappa shape index (κ1) is 157. The number of unbranched alkanes of at least 4 members (excludes halogenated alkanes) is 23. The van der Waals surface area contributed by atoms with Gasteiger partial charge in [0, 0.05) is 0 Å². The van der Waals surface area contributed by atoms with Crippen LogP contribution in [0.2, 0.25) is 0 Å². The fourth-order valence-electron chi connectivity index (χ4n) is 20.9. The van der Waals surface area contributed by atoms with E-state index in [4.69, 9.17) is 0 Å². The number of hydrogen-bond acceptors (Lipinski definition) is 1. The van der Waals surface area contributed by atoms with Crippen molar-refractivity contribution in [1.82, 2.24) is 0 Å². The van der Waals surface area contributed by atoms with Crippen molar-refractivity contribution >= 4 is 0 Å². The molecule has 0 amide bonds. The van der Waals surface area contributed by atoms with E-state index in [0.29, 0.717) is 29.6 Å². The Morgan fingerprint density at radius 3 is 0.700 bits per heavy atom. The largest absolute Gasteiger partial charge is 0.393 e. The van der Waals surface area contributed by atoms with E-state index in [2.05, 4.69) is 365 Å². The van der Waals surface area contributed by atoms with Gasteiger partial charge in [-0.3, -0.25) is 0 Å². The van der Waals surface area contributed by atoms with Crippen molar-refractivity contribution in [3.8, 4) is 0 Å². The van der Waals surface area contributed by atoms with Crippen LogP contribution in [0.4, 0.5) is 0 Å². The number of benzene rings is 7. The molecule has 0 heterocycles. The molecule has 0 aliphatic carbocycles. The van der Waals surface area contributed by atoms with Gasteiger partial charge in [-0.15, -0.1) is 0 Å². The zero-order valence-corrected chi connectivity index (χ0v) is 101. The Morgan fingerprint density at radius 1 is 0.167 bits per heavy atom. The molecule has 7 aromatic rings. The Hall–Kier alpha value is -5.50. The summed E-state index contributed by atoms with van der Waals surface area (Å²) in [7, 11) is 0. The first-order valence-electron chi connectivity index (χ1n) is 61.9. The molecule has 1 heteroatoms. The second kappa shape index (κ2) is 104. The highest BCUT2D eigenvalue weighted by molar-refractivity contribution is 5.33. The molecular formula is C149H270O. The van der Waals surface area contributed by atoms with Gasteiger partial charge in [0.15, 0.2) is 0 Å². The summed E-state index contributed by atoms with van der Waals surface area (Å²) >= 11 is 0. The summed E-state index contributed by atoms with van der Waals surface area (Å²) in [5.41, 5.74) is 21.5. The summed E-state index contributed by atoms with van der Waals surface area (Å²) in [4.78, 5) is 0. The van der Waals surface area contributed by atoms with E-state index < -0.39 is 0 Å². The van der Waals surface area contributed by atoms with Crippen molar-refractivity contribution < 1.29 is 5.11 Å². The van der Waals surface area contributed by atoms with Crippen LogP contribution in [0.15, 0.2) is 164 Å². The van der Waals surface area contributed by atoms with Gasteiger partial charge in [-0.2, -0.15) is 0 Å². The smallest absolute Gasteiger partial charge is 0.0540 e. The van der Waals surface area contributed by atoms with E-state index in [9.17, 15) is 5.11 Å². The predicted molar refractivity (Wildman–Crippen MR) is 697 cm³/mol. The lowest BCUT2D eigenvalue weighted by molar-refractivity contribution is 0.147. The molecule has 150 heavy (non-hydrogen) atoms. The summed E-state index contributed by atoms with van der Waals surface area (Å²) in [5, 5.41) is 9.97. The fourth-order valence-corrected chi connectivity index (χ4v) is 20.9. The van der Waals surface area contributed by atoms with Crippen LogP contribution < -0.4 is 0 Å². The van der Waals surface area contributed by atoms with Crippen molar-refractivity contribution in [2.75, 3.05) is 0 Å². The average molecular weight is 2080 g/mol. The van der Waals surface area contributed by atoms with Gasteiger partial charge in [-0.1, -0.05) is 677 Å². The molecule has 0 saturated heterocycles.